The van der Waals surface area contributed by atoms with Gasteiger partial charge >= 0.3 is 12.4 Å². The molecule has 0 bridgehead atoms. The molecule has 0 atom stereocenters. The van der Waals surface area contributed by atoms with Crippen molar-refractivity contribution >= 4 is 0 Å². The summed E-state index contributed by atoms with van der Waals surface area (Å²) < 4.78 is 79.9. The summed E-state index contributed by atoms with van der Waals surface area (Å²) in [6, 6.07) is 1.35. The fourth-order valence-corrected chi connectivity index (χ4v) is 1.36. The first-order valence-corrected chi connectivity index (χ1v) is 5.11. The van der Waals surface area contributed by atoms with Crippen molar-refractivity contribution in [3.05, 3.63) is 47.5 Å². The molecule has 0 fully saturated rings. The molecule has 0 aliphatic rings. The minimum atomic E-state index is -4.84. The maximum Gasteiger partial charge on any atom is 0.416 e. The molecule has 7 heteroatoms. The van der Waals surface area contributed by atoms with Gasteiger partial charge in [-0.2, -0.15) is 26.3 Å². The van der Waals surface area contributed by atoms with Gasteiger partial charge in [-0.1, -0.05) is 6.08 Å². The molecule has 0 saturated heterocycles. The Labute approximate surface area is 105 Å². The second-order valence-corrected chi connectivity index (χ2v) is 3.72. The van der Waals surface area contributed by atoms with Crippen LogP contribution in [0.15, 0.2) is 30.9 Å². The first kappa shape index (κ1) is 15.6. The summed E-state index contributed by atoms with van der Waals surface area (Å²) in [7, 11) is 0. The molecule has 106 valence electrons. The molecule has 0 aliphatic heterocycles. The fourth-order valence-electron chi connectivity index (χ4n) is 1.36. The molecule has 0 heterocycles. The fraction of sp³-hybridized carbons (Fsp3) is 0.333. The highest BCUT2D eigenvalue weighted by molar-refractivity contribution is 5.33. The third-order valence-electron chi connectivity index (χ3n) is 2.15. The lowest BCUT2D eigenvalue weighted by atomic mass is 10.1. The van der Waals surface area contributed by atoms with Gasteiger partial charge in [0.25, 0.3) is 0 Å². The second kappa shape index (κ2) is 5.64. The molecular weight excluding hydrogens is 274 g/mol. The van der Waals surface area contributed by atoms with Gasteiger partial charge in [0, 0.05) is 0 Å². The Kier molecular flexibility index (Phi) is 4.62. The molecule has 0 amide bonds. The van der Waals surface area contributed by atoms with Gasteiger partial charge in [-0.3, -0.25) is 0 Å². The third-order valence-corrected chi connectivity index (χ3v) is 2.15. The number of ether oxygens (including phenoxy) is 1. The molecule has 1 aromatic rings. The van der Waals surface area contributed by atoms with Crippen LogP contribution in [0.5, 0.6) is 0 Å². The van der Waals surface area contributed by atoms with E-state index in [4.69, 9.17) is 4.74 Å². The Hall–Kier alpha value is -1.50. The Morgan fingerprint density at radius 1 is 0.947 bits per heavy atom. The van der Waals surface area contributed by atoms with E-state index in [1.54, 1.807) is 0 Å². The summed E-state index contributed by atoms with van der Waals surface area (Å²) in [6.45, 7) is 3.01. The van der Waals surface area contributed by atoms with Gasteiger partial charge in [0.15, 0.2) is 0 Å². The van der Waals surface area contributed by atoms with E-state index in [2.05, 4.69) is 6.58 Å². The molecule has 1 nitrogen and oxygen atoms in total. The van der Waals surface area contributed by atoms with Crippen molar-refractivity contribution in [2.24, 2.45) is 0 Å². The number of benzene rings is 1. The maximum absolute atomic E-state index is 12.5. The van der Waals surface area contributed by atoms with E-state index in [1.165, 1.54) is 6.08 Å². The zero-order valence-electron chi connectivity index (χ0n) is 9.61. The number of alkyl halides is 6. The van der Waals surface area contributed by atoms with Crippen molar-refractivity contribution in [3.63, 3.8) is 0 Å². The van der Waals surface area contributed by atoms with Crippen molar-refractivity contribution < 1.29 is 31.1 Å². The van der Waals surface area contributed by atoms with Crippen molar-refractivity contribution in [2.45, 2.75) is 19.0 Å². The van der Waals surface area contributed by atoms with Gasteiger partial charge < -0.3 is 4.74 Å². The van der Waals surface area contributed by atoms with Crippen molar-refractivity contribution in [2.75, 3.05) is 6.61 Å². The van der Waals surface area contributed by atoms with E-state index >= 15 is 0 Å². The van der Waals surface area contributed by atoms with Crippen LogP contribution in [0.3, 0.4) is 0 Å². The maximum atomic E-state index is 12.5. The van der Waals surface area contributed by atoms with Gasteiger partial charge in [-0.05, 0) is 23.8 Å². The highest BCUT2D eigenvalue weighted by Crippen LogP contribution is 2.36. The molecule has 0 radical (unpaired) electrons. The highest BCUT2D eigenvalue weighted by atomic mass is 19.4. The lowest BCUT2D eigenvalue weighted by Crippen LogP contribution is -2.12. The minimum Gasteiger partial charge on any atom is -0.373 e. The Morgan fingerprint density at radius 2 is 1.42 bits per heavy atom. The lowest BCUT2D eigenvalue weighted by molar-refractivity contribution is -0.143. The standard InChI is InChI=1S/C12H10F6O/c1-2-3-19-7-8-4-9(11(13,14)15)6-10(5-8)12(16,17)18/h2,4-6H,1,3,7H2. The zero-order chi connectivity index (χ0) is 14.7. The average Bonchev–Trinajstić information content (AvgIpc) is 2.27. The van der Waals surface area contributed by atoms with E-state index in [9.17, 15) is 26.3 Å². The van der Waals surface area contributed by atoms with Gasteiger partial charge in [0.05, 0.1) is 24.3 Å². The minimum absolute atomic E-state index is 0.0393. The van der Waals surface area contributed by atoms with E-state index in [0.717, 1.165) is 0 Å². The molecular formula is C12H10F6O. The van der Waals surface area contributed by atoms with E-state index < -0.39 is 23.5 Å². The Morgan fingerprint density at radius 3 is 1.79 bits per heavy atom. The molecule has 0 aliphatic carbocycles. The summed E-state index contributed by atoms with van der Waals surface area (Å²) in [5, 5.41) is 0. The summed E-state index contributed by atoms with van der Waals surface area (Å²) in [5.74, 6) is 0. The van der Waals surface area contributed by atoms with Crippen molar-refractivity contribution in [1.82, 2.24) is 0 Å². The van der Waals surface area contributed by atoms with Gasteiger partial charge in [-0.25, -0.2) is 0 Å². The number of hydrogen-bond donors (Lipinski definition) is 0. The molecule has 1 aromatic carbocycles. The van der Waals surface area contributed by atoms with Crippen molar-refractivity contribution in [3.8, 4) is 0 Å². The predicted octanol–water partition coefficient (Wildman–Crippen LogP) is 4.43. The largest absolute Gasteiger partial charge is 0.416 e. The van der Waals surface area contributed by atoms with Crippen LogP contribution >= 0.6 is 0 Å². The van der Waals surface area contributed by atoms with Gasteiger partial charge in [0.2, 0.25) is 0 Å². The van der Waals surface area contributed by atoms with Crippen LogP contribution in [-0.4, -0.2) is 6.61 Å². The van der Waals surface area contributed by atoms with Crippen LogP contribution in [0.1, 0.15) is 16.7 Å². The summed E-state index contributed by atoms with van der Waals surface area (Å²) in [5.41, 5.74) is -2.89. The first-order chi connectivity index (χ1) is 8.64. The zero-order valence-corrected chi connectivity index (χ0v) is 9.61. The molecule has 0 saturated carbocycles. The smallest absolute Gasteiger partial charge is 0.373 e. The van der Waals surface area contributed by atoms with E-state index in [1.807, 2.05) is 0 Å². The average molecular weight is 284 g/mol. The molecule has 0 spiro atoms. The van der Waals surface area contributed by atoms with Crippen LogP contribution in [0.4, 0.5) is 26.3 Å². The second-order valence-electron chi connectivity index (χ2n) is 3.72. The Bertz CT molecular complexity index is 414. The summed E-state index contributed by atoms with van der Waals surface area (Å²) >= 11 is 0. The van der Waals surface area contributed by atoms with Crippen LogP contribution in [0, 0.1) is 0 Å². The molecule has 0 unspecified atom stereocenters. The number of hydrogen-bond acceptors (Lipinski definition) is 1. The highest BCUT2D eigenvalue weighted by Gasteiger charge is 2.36. The monoisotopic (exact) mass is 284 g/mol. The van der Waals surface area contributed by atoms with Crippen LogP contribution in [-0.2, 0) is 23.7 Å². The lowest BCUT2D eigenvalue weighted by Gasteiger charge is -2.14. The summed E-state index contributed by atoms with van der Waals surface area (Å²) in [4.78, 5) is 0. The first-order valence-electron chi connectivity index (χ1n) is 5.11. The SMILES string of the molecule is C=CCOCc1cc(C(F)(F)F)cc(C(F)(F)F)c1. The molecule has 19 heavy (non-hydrogen) atoms. The van der Waals surface area contributed by atoms with E-state index in [-0.39, 0.29) is 24.8 Å². The van der Waals surface area contributed by atoms with Crippen LogP contribution in [0.2, 0.25) is 0 Å². The topological polar surface area (TPSA) is 9.23 Å². The summed E-state index contributed by atoms with van der Waals surface area (Å²) in [6.07, 6.45) is -8.33. The van der Waals surface area contributed by atoms with Crippen molar-refractivity contribution in [1.29, 1.82) is 0 Å². The normalized spacial score (nSPS) is 12.5. The van der Waals surface area contributed by atoms with Gasteiger partial charge in [0.1, 0.15) is 0 Å². The van der Waals surface area contributed by atoms with Crippen LogP contribution < -0.4 is 0 Å². The number of halogens is 6. The molecule has 0 aromatic heterocycles. The van der Waals surface area contributed by atoms with Crippen LogP contribution in [0.25, 0.3) is 0 Å². The Balaban J connectivity index is 3.13. The predicted molar refractivity (Wildman–Crippen MR) is 56.3 cm³/mol. The third kappa shape index (κ3) is 4.59. The molecule has 0 N–H and O–H groups in total. The van der Waals surface area contributed by atoms with Gasteiger partial charge in [-0.15, -0.1) is 6.58 Å². The van der Waals surface area contributed by atoms with E-state index in [0.29, 0.717) is 12.1 Å². The molecule has 1 rings (SSSR count). The number of rotatable bonds is 4. The quantitative estimate of drug-likeness (QED) is 0.451.